The fraction of sp³-hybridized carbons (Fsp3) is 0.238. The second kappa shape index (κ2) is 7.95. The number of nitrogens with zero attached hydrogens (tertiary/aromatic N) is 5. The molecule has 0 atom stereocenters. The Bertz CT molecular complexity index is 895. The maximum atomic E-state index is 13.3. The second-order valence-corrected chi connectivity index (χ2v) is 6.52. The van der Waals surface area contributed by atoms with Crippen LogP contribution in [0, 0.1) is 0 Å². The summed E-state index contributed by atoms with van der Waals surface area (Å²) in [4.78, 5) is 30.1. The Morgan fingerprint density at radius 3 is 2.48 bits per heavy atom. The summed E-state index contributed by atoms with van der Waals surface area (Å²) in [7, 11) is 0. The van der Waals surface area contributed by atoms with Crippen molar-refractivity contribution in [2.75, 3.05) is 22.9 Å². The fourth-order valence-electron chi connectivity index (χ4n) is 3.26. The van der Waals surface area contributed by atoms with Crippen LogP contribution in [-0.2, 0) is 6.54 Å². The number of benzene rings is 1. The highest BCUT2D eigenvalue weighted by molar-refractivity contribution is 6.04. The van der Waals surface area contributed by atoms with Gasteiger partial charge in [0.05, 0.1) is 6.54 Å². The van der Waals surface area contributed by atoms with Crippen LogP contribution in [0.15, 0.2) is 67.1 Å². The van der Waals surface area contributed by atoms with Gasteiger partial charge < -0.3 is 4.90 Å². The summed E-state index contributed by atoms with van der Waals surface area (Å²) in [5, 5.41) is 0. The van der Waals surface area contributed by atoms with E-state index in [9.17, 15) is 4.79 Å². The van der Waals surface area contributed by atoms with Crippen molar-refractivity contribution in [3.63, 3.8) is 0 Å². The lowest BCUT2D eigenvalue weighted by Crippen LogP contribution is -2.32. The minimum Gasteiger partial charge on any atom is -0.357 e. The quantitative estimate of drug-likeness (QED) is 0.699. The second-order valence-electron chi connectivity index (χ2n) is 6.52. The molecule has 0 spiro atoms. The minimum atomic E-state index is -0.180. The highest BCUT2D eigenvalue weighted by Gasteiger charge is 2.22. The van der Waals surface area contributed by atoms with Crippen molar-refractivity contribution in [2.45, 2.75) is 19.4 Å². The van der Waals surface area contributed by atoms with E-state index in [-0.39, 0.29) is 5.91 Å². The van der Waals surface area contributed by atoms with Gasteiger partial charge >= 0.3 is 0 Å². The topological polar surface area (TPSA) is 62.2 Å². The van der Waals surface area contributed by atoms with Gasteiger partial charge in [-0.05, 0) is 30.5 Å². The number of aromatic nitrogens is 3. The van der Waals surface area contributed by atoms with Crippen molar-refractivity contribution in [2.24, 2.45) is 0 Å². The average molecular weight is 359 g/mol. The van der Waals surface area contributed by atoms with Crippen molar-refractivity contribution < 1.29 is 4.79 Å². The van der Waals surface area contributed by atoms with E-state index in [0.29, 0.717) is 18.1 Å². The van der Waals surface area contributed by atoms with Crippen LogP contribution in [0.1, 0.15) is 28.9 Å². The zero-order valence-corrected chi connectivity index (χ0v) is 15.0. The molecule has 1 aromatic carbocycles. The van der Waals surface area contributed by atoms with Gasteiger partial charge in [-0.25, -0.2) is 15.0 Å². The summed E-state index contributed by atoms with van der Waals surface area (Å²) in [5.74, 6) is 1.24. The third-order valence-corrected chi connectivity index (χ3v) is 4.66. The predicted octanol–water partition coefficient (Wildman–Crippen LogP) is 3.32. The summed E-state index contributed by atoms with van der Waals surface area (Å²) in [6, 6.07) is 17.2. The SMILES string of the molecule is O=C(c1cc(N2CCCC2)ncn1)N(Cc1ccccc1)c1ccccn1. The lowest BCUT2D eigenvalue weighted by molar-refractivity contribution is 0.0979. The smallest absolute Gasteiger partial charge is 0.278 e. The molecule has 0 N–H and O–H groups in total. The molecule has 1 aliphatic heterocycles. The fourth-order valence-corrected chi connectivity index (χ4v) is 3.26. The van der Waals surface area contributed by atoms with E-state index in [1.54, 1.807) is 17.2 Å². The third kappa shape index (κ3) is 3.95. The summed E-state index contributed by atoms with van der Waals surface area (Å²) < 4.78 is 0. The molecule has 0 bridgehead atoms. The Kier molecular flexibility index (Phi) is 5.05. The van der Waals surface area contributed by atoms with Crippen molar-refractivity contribution in [1.29, 1.82) is 0 Å². The van der Waals surface area contributed by atoms with Gasteiger partial charge in [0.25, 0.3) is 5.91 Å². The van der Waals surface area contributed by atoms with Crippen LogP contribution in [0.4, 0.5) is 11.6 Å². The average Bonchev–Trinajstić information content (AvgIpc) is 3.28. The molecule has 27 heavy (non-hydrogen) atoms. The van der Waals surface area contributed by atoms with Gasteiger partial charge in [-0.1, -0.05) is 36.4 Å². The summed E-state index contributed by atoms with van der Waals surface area (Å²) in [6.07, 6.45) is 5.47. The van der Waals surface area contributed by atoms with Crippen LogP contribution in [-0.4, -0.2) is 33.9 Å². The number of anilines is 2. The number of carbonyl (C=O) groups excluding carboxylic acids is 1. The zero-order chi connectivity index (χ0) is 18.5. The first-order valence-corrected chi connectivity index (χ1v) is 9.15. The van der Waals surface area contributed by atoms with Crippen molar-refractivity contribution in [3.05, 3.63) is 78.4 Å². The molecule has 136 valence electrons. The van der Waals surface area contributed by atoms with Crippen LogP contribution in [0.3, 0.4) is 0 Å². The molecule has 0 unspecified atom stereocenters. The van der Waals surface area contributed by atoms with Gasteiger partial charge in [-0.3, -0.25) is 9.69 Å². The van der Waals surface area contributed by atoms with E-state index in [4.69, 9.17) is 0 Å². The molecule has 0 aliphatic carbocycles. The molecule has 3 heterocycles. The lowest BCUT2D eigenvalue weighted by Gasteiger charge is -2.22. The number of hydrogen-bond donors (Lipinski definition) is 0. The molecule has 0 radical (unpaired) electrons. The predicted molar refractivity (Wildman–Crippen MR) is 105 cm³/mol. The van der Waals surface area contributed by atoms with Crippen LogP contribution in [0.2, 0.25) is 0 Å². The molecule has 6 heteroatoms. The monoisotopic (exact) mass is 359 g/mol. The number of carbonyl (C=O) groups is 1. The number of hydrogen-bond acceptors (Lipinski definition) is 5. The molecule has 0 saturated carbocycles. The van der Waals surface area contributed by atoms with Crippen LogP contribution < -0.4 is 9.80 Å². The van der Waals surface area contributed by atoms with Crippen LogP contribution in [0.25, 0.3) is 0 Å². The van der Waals surface area contributed by atoms with Gasteiger partial charge in [0.15, 0.2) is 0 Å². The molecule has 1 fully saturated rings. The van der Waals surface area contributed by atoms with Crippen LogP contribution in [0.5, 0.6) is 0 Å². The Morgan fingerprint density at radius 2 is 1.74 bits per heavy atom. The van der Waals surface area contributed by atoms with E-state index in [1.165, 1.54) is 6.33 Å². The van der Waals surface area contributed by atoms with Crippen molar-refractivity contribution >= 4 is 17.5 Å². The van der Waals surface area contributed by atoms with Gasteiger partial charge in [0.1, 0.15) is 23.7 Å². The molecule has 6 nitrogen and oxygen atoms in total. The number of rotatable bonds is 5. The summed E-state index contributed by atoms with van der Waals surface area (Å²) in [6.45, 7) is 2.37. The molecule has 1 amide bonds. The number of pyridine rings is 1. The van der Waals surface area contributed by atoms with Crippen LogP contribution >= 0.6 is 0 Å². The molecule has 1 saturated heterocycles. The maximum Gasteiger partial charge on any atom is 0.278 e. The highest BCUT2D eigenvalue weighted by atomic mass is 16.2. The van der Waals surface area contributed by atoms with E-state index < -0.39 is 0 Å². The summed E-state index contributed by atoms with van der Waals surface area (Å²) >= 11 is 0. The molecule has 3 aromatic rings. The van der Waals surface area contributed by atoms with Gasteiger partial charge in [-0.2, -0.15) is 0 Å². The molecular formula is C21H21N5O. The van der Waals surface area contributed by atoms with E-state index in [1.807, 2.05) is 48.5 Å². The Labute approximate surface area is 158 Å². The van der Waals surface area contributed by atoms with Gasteiger partial charge in [0, 0.05) is 25.4 Å². The highest BCUT2D eigenvalue weighted by Crippen LogP contribution is 2.21. The molecule has 2 aromatic heterocycles. The van der Waals surface area contributed by atoms with Gasteiger partial charge in [-0.15, -0.1) is 0 Å². The van der Waals surface area contributed by atoms with E-state index >= 15 is 0 Å². The molecule has 4 rings (SSSR count). The zero-order valence-electron chi connectivity index (χ0n) is 15.0. The largest absolute Gasteiger partial charge is 0.357 e. The lowest BCUT2D eigenvalue weighted by atomic mass is 10.2. The Morgan fingerprint density at radius 1 is 0.963 bits per heavy atom. The van der Waals surface area contributed by atoms with E-state index in [2.05, 4.69) is 19.9 Å². The Balaban J connectivity index is 1.65. The first-order valence-electron chi connectivity index (χ1n) is 9.15. The Hall–Kier alpha value is -3.28. The molecular weight excluding hydrogens is 338 g/mol. The van der Waals surface area contributed by atoms with Crippen molar-refractivity contribution in [3.8, 4) is 0 Å². The van der Waals surface area contributed by atoms with Gasteiger partial charge in [0.2, 0.25) is 0 Å². The standard InChI is InChI=1S/C21H21N5O/c27-21(18-14-20(24-16-23-18)25-12-6-7-13-25)26(19-10-4-5-11-22-19)15-17-8-2-1-3-9-17/h1-5,8-11,14,16H,6-7,12-13,15H2. The number of amides is 1. The minimum absolute atomic E-state index is 0.180. The maximum absolute atomic E-state index is 13.3. The first kappa shape index (κ1) is 17.1. The summed E-state index contributed by atoms with van der Waals surface area (Å²) in [5.41, 5.74) is 1.42. The third-order valence-electron chi connectivity index (χ3n) is 4.66. The normalized spacial score (nSPS) is 13.6. The van der Waals surface area contributed by atoms with E-state index in [0.717, 1.165) is 37.3 Å². The van der Waals surface area contributed by atoms with Crippen molar-refractivity contribution in [1.82, 2.24) is 15.0 Å². The first-order chi connectivity index (χ1) is 13.3. The molecule has 1 aliphatic rings.